The van der Waals surface area contributed by atoms with Gasteiger partial charge in [0.2, 0.25) is 5.71 Å². The second kappa shape index (κ2) is 24.9. The van der Waals surface area contributed by atoms with E-state index in [1.807, 2.05) is 30.3 Å². The molecule has 4 rings (SSSR count). The molecule has 0 radical (unpaired) electrons. The number of nitrogens with two attached hydrogens (primary N) is 2. The number of hydrogen-bond donors (Lipinski definition) is 2. The summed E-state index contributed by atoms with van der Waals surface area (Å²) >= 11 is 14.6. The number of anilines is 1. The molecular formula is C49H68Cl2N2O3S. The molecule has 1 aliphatic rings. The molecule has 0 aliphatic heterocycles. The van der Waals surface area contributed by atoms with E-state index in [0.29, 0.717) is 10.0 Å². The van der Waals surface area contributed by atoms with Crippen molar-refractivity contribution in [1.82, 2.24) is 0 Å². The van der Waals surface area contributed by atoms with Crippen LogP contribution in [0.2, 0.25) is 10.0 Å². The lowest BCUT2D eigenvalue weighted by Crippen LogP contribution is -2.45. The Kier molecular flexibility index (Phi) is 21.2. The Hall–Kier alpha value is -2.84. The average Bonchev–Trinajstić information content (AvgIpc) is 3.17. The van der Waals surface area contributed by atoms with Crippen LogP contribution in [-0.2, 0) is 15.8 Å². The number of allylic oxidation sites excluding steroid dienone is 5. The van der Waals surface area contributed by atoms with E-state index in [1.54, 1.807) is 0 Å². The van der Waals surface area contributed by atoms with Crippen LogP contribution in [0, 0.1) is 11.8 Å². The van der Waals surface area contributed by atoms with Gasteiger partial charge in [0.05, 0.1) is 12.0 Å². The van der Waals surface area contributed by atoms with Crippen molar-refractivity contribution in [3.8, 4) is 0 Å². The quantitative estimate of drug-likeness (QED) is 0.0389. The molecule has 312 valence electrons. The maximum atomic E-state index is 9.74. The van der Waals surface area contributed by atoms with E-state index in [9.17, 15) is 5.26 Å². The normalized spacial score (nSPS) is 13.1. The zero-order valence-corrected chi connectivity index (χ0v) is 38.3. The van der Waals surface area contributed by atoms with Crippen LogP contribution in [0.5, 0.6) is 0 Å². The van der Waals surface area contributed by atoms with Crippen LogP contribution in [-0.4, -0.2) is 5.71 Å². The molecule has 1 aliphatic carbocycles. The summed E-state index contributed by atoms with van der Waals surface area (Å²) in [6.45, 7) is 19.7. The molecule has 3 aromatic rings. The Balaban J connectivity index is 0.000000341. The fourth-order valence-corrected chi connectivity index (χ4v) is 8.31. The molecule has 0 unspecified atom stereocenters. The van der Waals surface area contributed by atoms with E-state index in [2.05, 4.69) is 108 Å². The maximum absolute atomic E-state index is 9.74. The topological polar surface area (TPSA) is 93.1 Å². The number of rotatable bonds is 20. The molecule has 4 N–H and O–H groups in total. The Labute approximate surface area is 359 Å². The Morgan fingerprint density at radius 3 is 1.61 bits per heavy atom. The maximum Gasteiger partial charge on any atom is 0.203 e. The molecular weight excluding hydrogens is 768 g/mol. The van der Waals surface area contributed by atoms with Crippen molar-refractivity contribution < 1.29 is 20.0 Å². The summed E-state index contributed by atoms with van der Waals surface area (Å²) in [5.74, 6) is 1.11. The number of halogens is 2. The standard InChI is InChI=1S/C31H38Cl2N2.C18H30O3S/c1-16(2)22-12-20(13-23(17(3)4)30(22)34)28(29-26(32)10-9-11-27(29)33)21-14-24(18(5)6)31(35)25(15-21)19(7)8;1-2-3-4-5-6-7-8-9-10-11-12-17-13-15-18(16-14-17)22-21-20-19/h9-19,34H,35H2,1-8H3;13-16,19H,2-12H2,1H3. The third-order valence-electron chi connectivity index (χ3n) is 10.7. The zero-order valence-electron chi connectivity index (χ0n) is 36.0. The first kappa shape index (κ1) is 48.5. The molecule has 3 aromatic carbocycles. The van der Waals surface area contributed by atoms with Crippen molar-refractivity contribution in [1.29, 1.82) is 0 Å². The van der Waals surface area contributed by atoms with E-state index in [-0.39, 0.29) is 23.7 Å². The third-order valence-corrected chi connectivity index (χ3v) is 11.9. The fourth-order valence-electron chi connectivity index (χ4n) is 7.37. The molecule has 57 heavy (non-hydrogen) atoms. The zero-order chi connectivity index (χ0) is 42.1. The summed E-state index contributed by atoms with van der Waals surface area (Å²) in [6, 6.07) is 18.2. The predicted molar refractivity (Wildman–Crippen MR) is 244 cm³/mol. The van der Waals surface area contributed by atoms with Crippen LogP contribution < -0.4 is 16.4 Å². The highest BCUT2D eigenvalue weighted by Crippen LogP contribution is 2.43. The van der Waals surface area contributed by atoms with E-state index in [4.69, 9.17) is 34.3 Å². The van der Waals surface area contributed by atoms with E-state index in [1.165, 1.54) is 69.8 Å². The molecule has 0 saturated heterocycles. The van der Waals surface area contributed by atoms with Gasteiger partial charge in [0, 0.05) is 37.3 Å². The van der Waals surface area contributed by atoms with Gasteiger partial charge in [-0.2, -0.15) is 4.33 Å². The van der Waals surface area contributed by atoms with Crippen LogP contribution in [0.3, 0.4) is 0 Å². The molecule has 0 fully saturated rings. The summed E-state index contributed by atoms with van der Waals surface area (Å²) in [5.41, 5.74) is 18.2. The van der Waals surface area contributed by atoms with Crippen LogP contribution in [0.4, 0.5) is 5.69 Å². The fraction of sp³-hybridized carbons (Fsp3) is 0.490. The van der Waals surface area contributed by atoms with Gasteiger partial charge in [-0.1, -0.05) is 162 Å². The van der Waals surface area contributed by atoms with Crippen molar-refractivity contribution in [3.63, 3.8) is 0 Å². The van der Waals surface area contributed by atoms with Crippen molar-refractivity contribution in [2.24, 2.45) is 11.8 Å². The largest absolute Gasteiger partial charge is 0.691 e. The molecule has 0 atom stereocenters. The van der Waals surface area contributed by atoms with Gasteiger partial charge < -0.3 is 11.0 Å². The highest BCUT2D eigenvalue weighted by atomic mass is 35.5. The van der Waals surface area contributed by atoms with E-state index in [0.717, 1.165) is 79.3 Å². The minimum Gasteiger partial charge on any atom is -0.691 e. The number of nitrogen functional groups attached to an aromatic ring is 1. The number of benzene rings is 3. The lowest BCUT2D eigenvalue weighted by atomic mass is 9.79. The molecule has 0 saturated carbocycles. The summed E-state index contributed by atoms with van der Waals surface area (Å²) in [6.07, 6.45) is 19.2. The van der Waals surface area contributed by atoms with Crippen molar-refractivity contribution in [2.75, 3.05) is 5.73 Å². The predicted octanol–water partition coefficient (Wildman–Crippen LogP) is 13.4. The third kappa shape index (κ3) is 14.7. The van der Waals surface area contributed by atoms with Gasteiger partial charge in [-0.15, -0.1) is 0 Å². The van der Waals surface area contributed by atoms with Crippen molar-refractivity contribution >= 4 is 52.2 Å². The summed E-state index contributed by atoms with van der Waals surface area (Å²) in [4.78, 5) is 0.877. The van der Waals surface area contributed by atoms with Crippen LogP contribution >= 0.6 is 35.2 Å². The summed E-state index contributed by atoms with van der Waals surface area (Å²) < 4.78 is 4.29. The first-order valence-electron chi connectivity index (χ1n) is 21.1. The smallest absolute Gasteiger partial charge is 0.203 e. The highest BCUT2D eigenvalue weighted by Gasteiger charge is 2.29. The van der Waals surface area contributed by atoms with Gasteiger partial charge in [-0.25, -0.2) is 0 Å². The first-order valence-corrected chi connectivity index (χ1v) is 22.6. The molecule has 0 spiro atoms. The van der Waals surface area contributed by atoms with Crippen molar-refractivity contribution in [3.05, 3.63) is 121 Å². The molecule has 0 bridgehead atoms. The minimum atomic E-state index is 0.277. The molecule has 8 heteroatoms. The Morgan fingerprint density at radius 2 is 1.18 bits per heavy atom. The summed E-state index contributed by atoms with van der Waals surface area (Å²) in [5, 5.41) is 21.0. The van der Waals surface area contributed by atoms with Crippen molar-refractivity contribution in [2.45, 2.75) is 150 Å². The second-order valence-corrected chi connectivity index (χ2v) is 18.1. The monoisotopic (exact) mass is 834 g/mol. The van der Waals surface area contributed by atoms with Gasteiger partial charge in [0.1, 0.15) is 0 Å². The van der Waals surface area contributed by atoms with Crippen LogP contribution in [0.1, 0.15) is 166 Å². The Morgan fingerprint density at radius 1 is 0.702 bits per heavy atom. The summed E-state index contributed by atoms with van der Waals surface area (Å²) in [7, 11) is 0. The Bertz CT molecular complexity index is 1750. The average molecular weight is 836 g/mol. The van der Waals surface area contributed by atoms with Gasteiger partial charge in [-0.3, -0.25) is 10.4 Å². The number of hydrogen-bond acceptors (Lipinski definition) is 5. The molecule has 0 amide bonds. The number of unbranched alkanes of at least 4 members (excludes halogenated alkanes) is 9. The lowest BCUT2D eigenvalue weighted by Gasteiger charge is -2.25. The van der Waals surface area contributed by atoms with Crippen LogP contribution in [0.15, 0.2) is 88.4 Å². The minimum absolute atomic E-state index is 0.277. The highest BCUT2D eigenvalue weighted by molar-refractivity contribution is 7.94. The van der Waals surface area contributed by atoms with E-state index < -0.39 is 0 Å². The van der Waals surface area contributed by atoms with Gasteiger partial charge >= 0.3 is 0 Å². The second-order valence-electron chi connectivity index (χ2n) is 16.5. The molecule has 0 heterocycles. The van der Waals surface area contributed by atoms with Gasteiger partial charge in [0.15, 0.2) is 0 Å². The first-order chi connectivity index (χ1) is 27.2. The van der Waals surface area contributed by atoms with E-state index >= 15 is 0 Å². The lowest BCUT2D eigenvalue weighted by molar-refractivity contribution is -0.777. The molecule has 5 nitrogen and oxygen atoms in total. The van der Waals surface area contributed by atoms with Gasteiger partial charge in [-0.05, 0) is 118 Å². The number of aryl methyl sites for hydroxylation is 1. The van der Waals surface area contributed by atoms with Crippen LogP contribution in [0.25, 0.3) is 5.57 Å². The molecule has 0 aromatic heterocycles. The SMILES string of the molecule is CC(C)C1=CC(=C(c2cc(C(C)C)c(N)c(C(C)C)c2)c2c(Cl)cccc2Cl)C=C(C(C)C)C1=[NH2+].CCCCCCCCCCCCc1ccc(SOO[O-])cc1. The van der Waals surface area contributed by atoms with Gasteiger partial charge in [0.25, 0.3) is 0 Å².